The Morgan fingerprint density at radius 3 is 2.47 bits per heavy atom. The average molecular weight is 440 g/mol. The molecule has 0 aliphatic heterocycles. The van der Waals surface area contributed by atoms with Crippen LogP contribution < -0.4 is 16.2 Å². The van der Waals surface area contributed by atoms with E-state index >= 15 is 0 Å². The highest BCUT2D eigenvalue weighted by atomic mass is 16.6. The van der Waals surface area contributed by atoms with E-state index in [1.165, 1.54) is 0 Å². The fourth-order valence-electron chi connectivity index (χ4n) is 3.46. The number of benzene rings is 1. The van der Waals surface area contributed by atoms with Crippen molar-refractivity contribution in [2.24, 2.45) is 0 Å². The Morgan fingerprint density at radius 1 is 1.09 bits per heavy atom. The van der Waals surface area contributed by atoms with Crippen molar-refractivity contribution in [3.05, 3.63) is 57.1 Å². The molecule has 0 bridgehead atoms. The molecule has 0 unspecified atom stereocenters. The molecule has 0 aliphatic carbocycles. The number of anilines is 1. The summed E-state index contributed by atoms with van der Waals surface area (Å²) in [5.41, 5.74) is 1.07. The maximum atomic E-state index is 12.7. The van der Waals surface area contributed by atoms with Crippen LogP contribution >= 0.6 is 0 Å². The van der Waals surface area contributed by atoms with Crippen LogP contribution in [0.4, 0.5) is 5.82 Å². The highest BCUT2D eigenvalue weighted by Crippen LogP contribution is 2.21. The Morgan fingerprint density at radius 2 is 1.78 bits per heavy atom. The van der Waals surface area contributed by atoms with Crippen molar-refractivity contribution < 1.29 is 14.3 Å². The zero-order valence-corrected chi connectivity index (χ0v) is 19.0. The molecule has 1 amide bonds. The summed E-state index contributed by atoms with van der Waals surface area (Å²) < 4.78 is 5.41. The fraction of sp³-hybridized carbons (Fsp3) is 0.391. The van der Waals surface area contributed by atoms with Crippen LogP contribution in [0, 0.1) is 13.8 Å². The van der Waals surface area contributed by atoms with Gasteiger partial charge in [0.1, 0.15) is 11.3 Å². The average Bonchev–Trinajstić information content (AvgIpc) is 3.02. The van der Waals surface area contributed by atoms with Crippen molar-refractivity contribution in [1.29, 1.82) is 0 Å². The third-order valence-corrected chi connectivity index (χ3v) is 4.90. The number of hydrogen-bond acceptors (Lipinski definition) is 6. The van der Waals surface area contributed by atoms with Crippen molar-refractivity contribution in [3.63, 3.8) is 0 Å². The molecule has 1 aromatic carbocycles. The molecule has 2 aromatic heterocycles. The predicted octanol–water partition coefficient (Wildman–Crippen LogP) is 3.06. The van der Waals surface area contributed by atoms with Crippen LogP contribution in [0.25, 0.3) is 10.8 Å². The van der Waals surface area contributed by atoms with Crippen LogP contribution in [-0.2, 0) is 4.74 Å². The van der Waals surface area contributed by atoms with Crippen molar-refractivity contribution in [1.82, 2.24) is 20.5 Å². The first-order chi connectivity index (χ1) is 15.1. The summed E-state index contributed by atoms with van der Waals surface area (Å²) in [6.07, 6.45) is 0.641. The van der Waals surface area contributed by atoms with E-state index in [9.17, 15) is 14.4 Å². The second kappa shape index (κ2) is 9.25. The van der Waals surface area contributed by atoms with Crippen molar-refractivity contribution >= 4 is 28.5 Å². The van der Waals surface area contributed by atoms with E-state index in [0.29, 0.717) is 53.2 Å². The number of esters is 1. The summed E-state index contributed by atoms with van der Waals surface area (Å²) in [5.74, 6) is -0.147. The molecule has 3 rings (SSSR count). The minimum Gasteiger partial charge on any atom is -0.455 e. The van der Waals surface area contributed by atoms with Gasteiger partial charge in [-0.25, -0.2) is 9.89 Å². The van der Waals surface area contributed by atoms with E-state index in [1.54, 1.807) is 46.8 Å². The molecule has 170 valence electrons. The van der Waals surface area contributed by atoms with Gasteiger partial charge in [0.05, 0.1) is 10.9 Å². The normalized spacial score (nSPS) is 11.4. The van der Waals surface area contributed by atoms with Gasteiger partial charge in [-0.05, 0) is 52.7 Å². The lowest BCUT2D eigenvalue weighted by Gasteiger charge is -2.19. The van der Waals surface area contributed by atoms with Gasteiger partial charge >= 0.3 is 5.97 Å². The van der Waals surface area contributed by atoms with Gasteiger partial charge in [0.2, 0.25) is 0 Å². The molecular formula is C23H29N5O4. The summed E-state index contributed by atoms with van der Waals surface area (Å²) in [4.78, 5) is 39.9. The minimum atomic E-state index is -0.621. The molecule has 0 saturated heterocycles. The molecule has 2 heterocycles. The van der Waals surface area contributed by atoms with Gasteiger partial charge in [-0.1, -0.05) is 18.2 Å². The quantitative estimate of drug-likeness (QED) is 0.331. The van der Waals surface area contributed by atoms with E-state index in [0.717, 1.165) is 5.39 Å². The molecule has 9 nitrogen and oxygen atoms in total. The molecule has 0 spiro atoms. The molecule has 0 radical (unpaired) electrons. The standard InChI is InChI=1S/C23H29N5O4/c1-13-17(14(2)26-18(13)22(31)32-23(3,4)5)21(30)25-12-8-11-24-19-15-9-6-7-10-16(15)20(29)28-27-19/h6-7,9-10,26H,8,11-12H2,1-5H3,(H,24,27)(H,25,30)(H,28,29). The van der Waals surface area contributed by atoms with Gasteiger partial charge in [-0.2, -0.15) is 5.10 Å². The van der Waals surface area contributed by atoms with Gasteiger partial charge in [-0.3, -0.25) is 9.59 Å². The summed E-state index contributed by atoms with van der Waals surface area (Å²) in [6.45, 7) is 9.85. The fourth-order valence-corrected chi connectivity index (χ4v) is 3.46. The zero-order chi connectivity index (χ0) is 23.5. The number of aryl methyl sites for hydroxylation is 1. The van der Waals surface area contributed by atoms with Crippen molar-refractivity contribution in [3.8, 4) is 0 Å². The van der Waals surface area contributed by atoms with Crippen LogP contribution in [0.1, 0.15) is 59.3 Å². The van der Waals surface area contributed by atoms with Crippen LogP contribution in [-0.4, -0.2) is 45.7 Å². The highest BCUT2D eigenvalue weighted by Gasteiger charge is 2.25. The third-order valence-electron chi connectivity index (χ3n) is 4.90. The molecule has 0 saturated carbocycles. The van der Waals surface area contributed by atoms with Crippen LogP contribution in [0.15, 0.2) is 29.1 Å². The van der Waals surface area contributed by atoms with Crippen LogP contribution in [0.5, 0.6) is 0 Å². The van der Waals surface area contributed by atoms with E-state index in [2.05, 4.69) is 25.8 Å². The van der Waals surface area contributed by atoms with E-state index < -0.39 is 11.6 Å². The molecule has 4 N–H and O–H groups in total. The lowest BCUT2D eigenvalue weighted by Crippen LogP contribution is -2.27. The number of hydrogen-bond donors (Lipinski definition) is 4. The lowest BCUT2D eigenvalue weighted by molar-refractivity contribution is 0.00626. The monoisotopic (exact) mass is 439 g/mol. The largest absolute Gasteiger partial charge is 0.455 e. The summed E-state index contributed by atoms with van der Waals surface area (Å²) in [6, 6.07) is 7.23. The lowest BCUT2D eigenvalue weighted by atomic mass is 10.1. The van der Waals surface area contributed by atoms with E-state index in [4.69, 9.17) is 4.74 Å². The first-order valence-corrected chi connectivity index (χ1v) is 10.5. The Bertz CT molecular complexity index is 1200. The number of nitrogens with zero attached hydrogens (tertiary/aromatic N) is 1. The molecule has 0 aliphatic rings. The van der Waals surface area contributed by atoms with Gasteiger partial charge in [0.15, 0.2) is 5.82 Å². The predicted molar refractivity (Wildman–Crippen MR) is 123 cm³/mol. The first kappa shape index (κ1) is 23.1. The van der Waals surface area contributed by atoms with Gasteiger partial charge in [-0.15, -0.1) is 0 Å². The second-order valence-electron chi connectivity index (χ2n) is 8.61. The molecule has 32 heavy (non-hydrogen) atoms. The molecule has 0 atom stereocenters. The SMILES string of the molecule is Cc1[nH]c(C(=O)OC(C)(C)C)c(C)c1C(=O)NCCCNc1n[nH]c(=O)c2ccccc12. The Kier molecular flexibility index (Phi) is 6.67. The number of H-pyrrole nitrogens is 2. The number of carbonyl (C=O) groups is 2. The maximum Gasteiger partial charge on any atom is 0.355 e. The Labute approximate surface area is 185 Å². The third kappa shape index (κ3) is 5.16. The second-order valence-corrected chi connectivity index (χ2v) is 8.61. The number of amides is 1. The van der Waals surface area contributed by atoms with Gasteiger partial charge < -0.3 is 20.4 Å². The number of ether oxygens (including phenoxy) is 1. The molecule has 3 aromatic rings. The number of nitrogens with one attached hydrogen (secondary N) is 4. The number of aromatic nitrogens is 3. The number of aromatic amines is 2. The van der Waals surface area contributed by atoms with Crippen molar-refractivity contribution in [2.75, 3.05) is 18.4 Å². The molecule has 0 fully saturated rings. The smallest absolute Gasteiger partial charge is 0.355 e. The zero-order valence-electron chi connectivity index (χ0n) is 19.0. The maximum absolute atomic E-state index is 12.7. The summed E-state index contributed by atoms with van der Waals surface area (Å²) in [5, 5.41) is 13.9. The van der Waals surface area contributed by atoms with Gasteiger partial charge in [0, 0.05) is 24.2 Å². The van der Waals surface area contributed by atoms with Crippen molar-refractivity contribution in [2.45, 2.75) is 46.6 Å². The Balaban J connectivity index is 1.57. The van der Waals surface area contributed by atoms with E-state index in [1.807, 2.05) is 12.1 Å². The number of rotatable bonds is 7. The van der Waals surface area contributed by atoms with Gasteiger partial charge in [0.25, 0.3) is 11.5 Å². The first-order valence-electron chi connectivity index (χ1n) is 10.5. The Hall–Kier alpha value is -3.62. The molecular weight excluding hydrogens is 410 g/mol. The highest BCUT2D eigenvalue weighted by molar-refractivity contribution is 6.01. The minimum absolute atomic E-state index is 0.235. The summed E-state index contributed by atoms with van der Waals surface area (Å²) in [7, 11) is 0. The molecule has 9 heteroatoms. The van der Waals surface area contributed by atoms with Crippen LogP contribution in [0.3, 0.4) is 0 Å². The summed E-state index contributed by atoms with van der Waals surface area (Å²) >= 11 is 0. The number of carbonyl (C=O) groups excluding carboxylic acids is 2. The number of fused-ring (bicyclic) bond motifs is 1. The van der Waals surface area contributed by atoms with Crippen LogP contribution in [0.2, 0.25) is 0 Å². The topological polar surface area (TPSA) is 129 Å². The van der Waals surface area contributed by atoms with E-state index in [-0.39, 0.29) is 11.5 Å².